The van der Waals surface area contributed by atoms with E-state index < -0.39 is 5.85 Å². The van der Waals surface area contributed by atoms with Crippen LogP contribution in [-0.2, 0) is 4.74 Å². The van der Waals surface area contributed by atoms with Gasteiger partial charge in [-0.1, -0.05) is 0 Å². The van der Waals surface area contributed by atoms with E-state index in [4.69, 9.17) is 4.74 Å². The summed E-state index contributed by atoms with van der Waals surface area (Å²) in [7, 11) is 10.1. The molecule has 0 aliphatic heterocycles. The highest BCUT2D eigenvalue weighted by Crippen LogP contribution is 2.20. The molecule has 0 amide bonds. The molecule has 0 radical (unpaired) electrons. The zero-order valence-electron chi connectivity index (χ0n) is 17.7. The first-order chi connectivity index (χ1) is 11.5. The molecule has 3 unspecified atom stereocenters. The highest BCUT2D eigenvalue weighted by Gasteiger charge is 2.34. The molecule has 0 aliphatic rings. The summed E-state index contributed by atoms with van der Waals surface area (Å²) in [6.07, 6.45) is 0.692. The van der Waals surface area contributed by atoms with Gasteiger partial charge >= 0.3 is 0 Å². The third-order valence-corrected chi connectivity index (χ3v) is 4.52. The molecule has 0 saturated heterocycles. The second kappa shape index (κ2) is 12.2. The van der Waals surface area contributed by atoms with Crippen LogP contribution in [0.4, 0.5) is 0 Å². The molecule has 25 heavy (non-hydrogen) atoms. The summed E-state index contributed by atoms with van der Waals surface area (Å²) in [5.74, 6) is -0.595. The Hall–Kier alpha value is -0.280. The second-order valence-corrected chi connectivity index (χ2v) is 7.67. The van der Waals surface area contributed by atoms with Crippen molar-refractivity contribution in [2.45, 2.75) is 45.2 Å². The van der Waals surface area contributed by atoms with Crippen molar-refractivity contribution in [1.82, 2.24) is 19.6 Å². The van der Waals surface area contributed by atoms with E-state index in [1.807, 2.05) is 44.8 Å². The largest absolute Gasteiger partial charge is 0.395 e. The Balaban J connectivity index is 4.80. The molecule has 0 heterocycles. The molecule has 0 spiro atoms. The summed E-state index contributed by atoms with van der Waals surface area (Å²) in [6.45, 7) is 9.91. The first-order valence-corrected chi connectivity index (χ1v) is 9.25. The van der Waals surface area contributed by atoms with Crippen LogP contribution >= 0.6 is 0 Å². The van der Waals surface area contributed by atoms with Gasteiger partial charge in [-0.25, -0.2) is 0 Å². The summed E-state index contributed by atoms with van der Waals surface area (Å²) in [6, 6.07) is 0. The van der Waals surface area contributed by atoms with Crippen molar-refractivity contribution in [1.29, 1.82) is 0 Å². The van der Waals surface area contributed by atoms with Gasteiger partial charge < -0.3 is 19.8 Å². The topological polar surface area (TPSA) is 62.7 Å². The zero-order valence-corrected chi connectivity index (χ0v) is 17.7. The smallest absolute Gasteiger partial charge is 0.176 e. The average molecular weight is 363 g/mol. The number of aliphatic hydroxyl groups is 2. The SMILES string of the molecule is CC(O)CN(CCCN(C)C)CC(C)OC(C)(N(C)C)N(C)CCO. The molecule has 0 bridgehead atoms. The fraction of sp³-hybridized carbons (Fsp3) is 1.00. The lowest BCUT2D eigenvalue weighted by Crippen LogP contribution is -2.59. The lowest BCUT2D eigenvalue weighted by Gasteiger charge is -2.45. The van der Waals surface area contributed by atoms with Crippen molar-refractivity contribution in [3.05, 3.63) is 0 Å². The number of likely N-dealkylation sites (N-methyl/N-ethyl adjacent to an activating group) is 1. The minimum atomic E-state index is -0.595. The van der Waals surface area contributed by atoms with Gasteiger partial charge in [-0.15, -0.1) is 0 Å². The maximum atomic E-state index is 9.79. The Kier molecular flexibility index (Phi) is 12.0. The van der Waals surface area contributed by atoms with Crippen LogP contribution in [0.15, 0.2) is 0 Å². The lowest BCUT2D eigenvalue weighted by atomic mass is 10.2. The molecule has 7 heteroatoms. The minimum absolute atomic E-state index is 0.00773. The van der Waals surface area contributed by atoms with E-state index in [0.717, 1.165) is 26.1 Å². The van der Waals surface area contributed by atoms with E-state index in [-0.39, 0.29) is 18.8 Å². The van der Waals surface area contributed by atoms with Crippen molar-refractivity contribution in [3.8, 4) is 0 Å². The Morgan fingerprint density at radius 1 is 0.960 bits per heavy atom. The quantitative estimate of drug-likeness (QED) is 0.428. The molecule has 2 N–H and O–H groups in total. The Morgan fingerprint density at radius 2 is 1.56 bits per heavy atom. The molecule has 0 aromatic rings. The van der Waals surface area contributed by atoms with Gasteiger partial charge in [0.2, 0.25) is 0 Å². The molecule has 0 aromatic heterocycles. The second-order valence-electron chi connectivity index (χ2n) is 7.67. The Morgan fingerprint density at radius 3 is 2.00 bits per heavy atom. The van der Waals surface area contributed by atoms with Crippen LogP contribution in [0.2, 0.25) is 0 Å². The fourth-order valence-electron chi connectivity index (χ4n) is 2.92. The highest BCUT2D eigenvalue weighted by molar-refractivity contribution is 4.75. The monoisotopic (exact) mass is 362 g/mol. The highest BCUT2D eigenvalue weighted by atomic mass is 16.5. The molecule has 0 rings (SSSR count). The Bertz CT molecular complexity index is 342. The number of hydrogen-bond donors (Lipinski definition) is 2. The number of aliphatic hydroxyl groups excluding tert-OH is 2. The summed E-state index contributed by atoms with van der Waals surface area (Å²) < 4.78 is 6.36. The van der Waals surface area contributed by atoms with Crippen molar-refractivity contribution < 1.29 is 14.9 Å². The molecule has 0 aromatic carbocycles. The maximum absolute atomic E-state index is 9.79. The summed E-state index contributed by atoms with van der Waals surface area (Å²) >= 11 is 0. The van der Waals surface area contributed by atoms with Gasteiger partial charge in [0.1, 0.15) is 0 Å². The molecule has 3 atom stereocenters. The van der Waals surface area contributed by atoms with Crippen LogP contribution in [0.25, 0.3) is 0 Å². The first-order valence-electron chi connectivity index (χ1n) is 9.25. The van der Waals surface area contributed by atoms with E-state index in [0.29, 0.717) is 13.1 Å². The van der Waals surface area contributed by atoms with Gasteiger partial charge in [-0.3, -0.25) is 14.7 Å². The van der Waals surface area contributed by atoms with Gasteiger partial charge in [-0.05, 0) is 75.5 Å². The van der Waals surface area contributed by atoms with Crippen molar-refractivity contribution >= 4 is 0 Å². The predicted octanol–water partition coefficient (Wildman–Crippen LogP) is 0.185. The van der Waals surface area contributed by atoms with Crippen molar-refractivity contribution in [2.75, 3.05) is 74.6 Å². The third kappa shape index (κ3) is 9.84. The van der Waals surface area contributed by atoms with Crippen LogP contribution in [0, 0.1) is 0 Å². The van der Waals surface area contributed by atoms with Gasteiger partial charge in [-0.2, -0.15) is 0 Å². The van der Waals surface area contributed by atoms with Gasteiger partial charge in [0.15, 0.2) is 5.85 Å². The molecule has 152 valence electrons. The fourth-order valence-corrected chi connectivity index (χ4v) is 2.92. The van der Waals surface area contributed by atoms with Crippen molar-refractivity contribution in [3.63, 3.8) is 0 Å². The van der Waals surface area contributed by atoms with Crippen LogP contribution in [0.3, 0.4) is 0 Å². The van der Waals surface area contributed by atoms with Gasteiger partial charge in [0, 0.05) is 19.6 Å². The van der Waals surface area contributed by atoms with E-state index in [1.54, 1.807) is 0 Å². The van der Waals surface area contributed by atoms with Gasteiger partial charge in [0.25, 0.3) is 0 Å². The average Bonchev–Trinajstić information content (AvgIpc) is 2.45. The van der Waals surface area contributed by atoms with Crippen molar-refractivity contribution in [2.24, 2.45) is 0 Å². The maximum Gasteiger partial charge on any atom is 0.176 e. The molecular formula is C18H42N4O3. The van der Waals surface area contributed by atoms with Crippen LogP contribution < -0.4 is 0 Å². The lowest BCUT2D eigenvalue weighted by molar-refractivity contribution is -0.240. The molecule has 0 aliphatic carbocycles. The minimum Gasteiger partial charge on any atom is -0.395 e. The Labute approximate surface area is 155 Å². The van der Waals surface area contributed by atoms with E-state index >= 15 is 0 Å². The third-order valence-electron chi connectivity index (χ3n) is 4.52. The van der Waals surface area contributed by atoms with E-state index in [1.165, 1.54) is 0 Å². The summed E-state index contributed by atoms with van der Waals surface area (Å²) in [4.78, 5) is 8.47. The number of rotatable bonds is 14. The molecular weight excluding hydrogens is 320 g/mol. The first kappa shape index (κ1) is 24.7. The van der Waals surface area contributed by atoms with Gasteiger partial charge in [0.05, 0.1) is 18.8 Å². The molecule has 7 nitrogen and oxygen atoms in total. The summed E-state index contributed by atoms with van der Waals surface area (Å²) in [5, 5.41) is 19.0. The zero-order chi connectivity index (χ0) is 19.6. The standard InChI is InChI=1S/C18H42N4O3/c1-16(24)14-22(11-9-10-19(4)5)15-17(2)25-18(3,20(6)7)21(8)12-13-23/h16-17,23-24H,9-15H2,1-8H3. The number of ether oxygens (including phenoxy) is 1. The number of hydrogen-bond acceptors (Lipinski definition) is 7. The normalized spacial score (nSPS) is 17.5. The number of nitrogens with zero attached hydrogens (tertiary/aromatic N) is 4. The van der Waals surface area contributed by atoms with Crippen LogP contribution in [0.1, 0.15) is 27.2 Å². The van der Waals surface area contributed by atoms with Crippen LogP contribution in [0.5, 0.6) is 0 Å². The summed E-state index contributed by atoms with van der Waals surface area (Å²) in [5.41, 5.74) is 0. The van der Waals surface area contributed by atoms with Crippen LogP contribution in [-0.4, -0.2) is 122 Å². The van der Waals surface area contributed by atoms with E-state index in [9.17, 15) is 10.2 Å². The molecule has 0 fully saturated rings. The van der Waals surface area contributed by atoms with E-state index in [2.05, 4.69) is 30.8 Å². The predicted molar refractivity (Wildman–Crippen MR) is 104 cm³/mol. The molecule has 0 saturated carbocycles.